The molecule has 1 rings (SSSR count). The van der Waals surface area contributed by atoms with Crippen LogP contribution in [-0.4, -0.2) is 17.3 Å². The first-order valence-electron chi connectivity index (χ1n) is 5.83. The number of rotatable bonds is 5. The Morgan fingerprint density at radius 2 is 1.95 bits per heavy atom. The Labute approximate surface area is 110 Å². The minimum absolute atomic E-state index is 0.0200. The highest BCUT2D eigenvalue weighted by molar-refractivity contribution is 5.59. The third-order valence-corrected chi connectivity index (χ3v) is 2.72. The molecule has 0 aliphatic heterocycles. The summed E-state index contributed by atoms with van der Waals surface area (Å²) < 4.78 is 46.6. The highest BCUT2D eigenvalue weighted by Gasteiger charge is 2.47. The minimum Gasteiger partial charge on any atom is -0.494 e. The van der Waals surface area contributed by atoms with Crippen LogP contribution in [0.15, 0.2) is 24.8 Å². The van der Waals surface area contributed by atoms with Crippen LogP contribution >= 0.6 is 0 Å². The molecule has 0 aliphatic rings. The summed E-state index contributed by atoms with van der Waals surface area (Å²) in [4.78, 5) is 0. The van der Waals surface area contributed by atoms with Gasteiger partial charge in [-0.15, -0.1) is 0 Å². The lowest BCUT2D eigenvalue weighted by Crippen LogP contribution is -2.40. The van der Waals surface area contributed by atoms with Gasteiger partial charge in [-0.3, -0.25) is 0 Å². The fraction of sp³-hybridized carbons (Fsp3) is 0.429. The number of ether oxygens (including phenoxy) is 1. The molecule has 1 aromatic rings. The van der Waals surface area contributed by atoms with E-state index in [1.165, 1.54) is 0 Å². The molecule has 0 radical (unpaired) electrons. The summed E-state index contributed by atoms with van der Waals surface area (Å²) in [5.41, 5.74) is -2.88. The molecule has 106 valence electrons. The van der Waals surface area contributed by atoms with Crippen molar-refractivity contribution in [2.75, 3.05) is 6.61 Å². The van der Waals surface area contributed by atoms with Gasteiger partial charge in [-0.25, -0.2) is 4.39 Å². The predicted molar refractivity (Wildman–Crippen MR) is 67.3 cm³/mol. The molecule has 0 aromatic heterocycles. The third kappa shape index (κ3) is 3.10. The van der Waals surface area contributed by atoms with Gasteiger partial charge in [0.25, 0.3) is 0 Å². The smallest absolute Gasteiger partial charge is 0.300 e. The Balaban J connectivity index is 3.27. The molecule has 0 saturated carbocycles. The van der Waals surface area contributed by atoms with Crippen LogP contribution in [0.25, 0.3) is 5.76 Å². The molecule has 1 N–H and O–H groups in total. The summed E-state index contributed by atoms with van der Waals surface area (Å²) in [7, 11) is 0. The van der Waals surface area contributed by atoms with Crippen LogP contribution in [0, 0.1) is 5.82 Å². The standard InChI is InChI=1S/C14H17F3O2/c1-5-19-9(2)11-8-10(6-7-12(11)15)14(16,17)13(3,4)18/h6-8,18H,2,5H2,1,3-4H3. The lowest BCUT2D eigenvalue weighted by Gasteiger charge is -2.29. The van der Waals surface area contributed by atoms with Gasteiger partial charge >= 0.3 is 5.92 Å². The molecular weight excluding hydrogens is 257 g/mol. The zero-order valence-electron chi connectivity index (χ0n) is 11.1. The molecule has 0 unspecified atom stereocenters. The SMILES string of the molecule is C=C(OCC)c1cc(C(F)(F)C(C)(C)O)ccc1F. The van der Waals surface area contributed by atoms with E-state index in [0.717, 1.165) is 32.0 Å². The monoisotopic (exact) mass is 274 g/mol. The summed E-state index contributed by atoms with van der Waals surface area (Å²) >= 11 is 0. The van der Waals surface area contributed by atoms with Gasteiger partial charge in [-0.1, -0.05) is 6.58 Å². The van der Waals surface area contributed by atoms with Crippen molar-refractivity contribution in [1.82, 2.24) is 0 Å². The van der Waals surface area contributed by atoms with Gasteiger partial charge < -0.3 is 9.84 Å². The zero-order valence-corrected chi connectivity index (χ0v) is 11.1. The highest BCUT2D eigenvalue weighted by atomic mass is 19.3. The molecule has 1 aromatic carbocycles. The fourth-order valence-electron chi connectivity index (χ4n) is 1.54. The molecular formula is C14H17F3O2. The van der Waals surface area contributed by atoms with E-state index < -0.39 is 22.9 Å². The summed E-state index contributed by atoms with van der Waals surface area (Å²) in [6.45, 7) is 7.41. The van der Waals surface area contributed by atoms with Gasteiger partial charge in [-0.05, 0) is 39.0 Å². The first-order chi connectivity index (χ1) is 8.61. The molecule has 19 heavy (non-hydrogen) atoms. The molecule has 0 atom stereocenters. The normalized spacial score (nSPS) is 12.4. The van der Waals surface area contributed by atoms with Crippen molar-refractivity contribution in [1.29, 1.82) is 0 Å². The van der Waals surface area contributed by atoms with E-state index in [9.17, 15) is 18.3 Å². The van der Waals surface area contributed by atoms with Crippen molar-refractivity contribution in [2.45, 2.75) is 32.3 Å². The van der Waals surface area contributed by atoms with E-state index in [0.29, 0.717) is 0 Å². The van der Waals surface area contributed by atoms with Crippen molar-refractivity contribution >= 4 is 5.76 Å². The second kappa shape index (κ2) is 5.25. The number of hydrogen-bond acceptors (Lipinski definition) is 2. The average molecular weight is 274 g/mol. The lowest BCUT2D eigenvalue weighted by molar-refractivity contribution is -0.168. The van der Waals surface area contributed by atoms with Crippen LogP contribution in [0.3, 0.4) is 0 Å². The maximum atomic E-state index is 14.0. The Morgan fingerprint density at radius 3 is 2.42 bits per heavy atom. The largest absolute Gasteiger partial charge is 0.494 e. The minimum atomic E-state index is -3.51. The van der Waals surface area contributed by atoms with Crippen LogP contribution < -0.4 is 0 Å². The van der Waals surface area contributed by atoms with Crippen LogP contribution in [0.1, 0.15) is 31.9 Å². The van der Waals surface area contributed by atoms with E-state index >= 15 is 0 Å². The second-order valence-electron chi connectivity index (χ2n) is 4.68. The highest BCUT2D eigenvalue weighted by Crippen LogP contribution is 2.39. The van der Waals surface area contributed by atoms with E-state index in [-0.39, 0.29) is 17.9 Å². The molecule has 0 bridgehead atoms. The van der Waals surface area contributed by atoms with Crippen LogP contribution in [0.5, 0.6) is 0 Å². The quantitative estimate of drug-likeness (QED) is 0.830. The molecule has 0 saturated heterocycles. The second-order valence-corrected chi connectivity index (χ2v) is 4.68. The number of aliphatic hydroxyl groups is 1. The van der Waals surface area contributed by atoms with Crippen molar-refractivity contribution in [3.63, 3.8) is 0 Å². The van der Waals surface area contributed by atoms with E-state index in [1.807, 2.05) is 0 Å². The first-order valence-corrected chi connectivity index (χ1v) is 5.83. The fourth-order valence-corrected chi connectivity index (χ4v) is 1.54. The first kappa shape index (κ1) is 15.6. The van der Waals surface area contributed by atoms with Gasteiger partial charge in [0.1, 0.15) is 17.2 Å². The Bertz CT molecular complexity index is 476. The molecule has 0 spiro atoms. The van der Waals surface area contributed by atoms with Gasteiger partial charge in [0, 0.05) is 5.56 Å². The topological polar surface area (TPSA) is 29.5 Å². The van der Waals surface area contributed by atoms with Gasteiger partial charge in [-0.2, -0.15) is 8.78 Å². The van der Waals surface area contributed by atoms with Crippen LogP contribution in [0.2, 0.25) is 0 Å². The van der Waals surface area contributed by atoms with E-state index in [2.05, 4.69) is 6.58 Å². The van der Waals surface area contributed by atoms with Crippen LogP contribution in [-0.2, 0) is 10.7 Å². The van der Waals surface area contributed by atoms with E-state index in [1.54, 1.807) is 6.92 Å². The number of benzene rings is 1. The lowest BCUT2D eigenvalue weighted by atomic mass is 9.92. The number of hydrogen-bond donors (Lipinski definition) is 1. The van der Waals surface area contributed by atoms with Crippen molar-refractivity contribution in [2.24, 2.45) is 0 Å². The van der Waals surface area contributed by atoms with Crippen molar-refractivity contribution in [3.05, 3.63) is 41.7 Å². The molecule has 0 aliphatic carbocycles. The Morgan fingerprint density at radius 1 is 1.37 bits per heavy atom. The maximum Gasteiger partial charge on any atom is 0.300 e. The average Bonchev–Trinajstić information content (AvgIpc) is 2.28. The van der Waals surface area contributed by atoms with Crippen molar-refractivity contribution in [3.8, 4) is 0 Å². The number of alkyl halides is 2. The predicted octanol–water partition coefficient (Wildman–Crippen LogP) is 3.70. The number of halogens is 3. The molecule has 0 fully saturated rings. The van der Waals surface area contributed by atoms with Gasteiger partial charge in [0.15, 0.2) is 0 Å². The Hall–Kier alpha value is -1.49. The van der Waals surface area contributed by atoms with Crippen LogP contribution in [0.4, 0.5) is 13.2 Å². The third-order valence-electron chi connectivity index (χ3n) is 2.72. The molecule has 0 amide bonds. The van der Waals surface area contributed by atoms with Crippen molar-refractivity contribution < 1.29 is 23.0 Å². The molecule has 2 nitrogen and oxygen atoms in total. The summed E-state index contributed by atoms with van der Waals surface area (Å²) in [5, 5.41) is 9.50. The van der Waals surface area contributed by atoms with E-state index in [4.69, 9.17) is 4.74 Å². The summed E-state index contributed by atoms with van der Waals surface area (Å²) in [6.07, 6.45) is 0. The Kier molecular flexibility index (Phi) is 4.30. The zero-order chi connectivity index (χ0) is 14.8. The molecule has 5 heteroatoms. The molecule has 0 heterocycles. The summed E-state index contributed by atoms with van der Waals surface area (Å²) in [5.74, 6) is -4.23. The maximum absolute atomic E-state index is 14.0. The van der Waals surface area contributed by atoms with Gasteiger partial charge in [0.2, 0.25) is 0 Å². The summed E-state index contributed by atoms with van der Waals surface area (Å²) in [6, 6.07) is 2.80. The van der Waals surface area contributed by atoms with Gasteiger partial charge in [0.05, 0.1) is 12.2 Å².